The highest BCUT2D eigenvalue weighted by Gasteiger charge is 2.40. The van der Waals surface area contributed by atoms with Gasteiger partial charge >= 0.3 is 0 Å². The van der Waals surface area contributed by atoms with E-state index >= 15 is 0 Å². The van der Waals surface area contributed by atoms with Gasteiger partial charge in [-0.1, -0.05) is 35.9 Å². The molecule has 1 aliphatic heterocycles. The summed E-state index contributed by atoms with van der Waals surface area (Å²) < 4.78 is 0. The van der Waals surface area contributed by atoms with Crippen LogP contribution in [0.5, 0.6) is 0 Å². The van der Waals surface area contributed by atoms with Crippen LogP contribution in [0.3, 0.4) is 0 Å². The Morgan fingerprint density at radius 2 is 1.97 bits per heavy atom. The summed E-state index contributed by atoms with van der Waals surface area (Å²) in [4.78, 5) is 36.8. The maximum Gasteiger partial charge on any atom is 0.259 e. The van der Waals surface area contributed by atoms with Gasteiger partial charge in [-0.05, 0) is 47.4 Å². The Bertz CT molecular complexity index is 1200. The van der Waals surface area contributed by atoms with Crippen LogP contribution in [0.25, 0.3) is 11.1 Å². The summed E-state index contributed by atoms with van der Waals surface area (Å²) >= 11 is 6.26. The van der Waals surface area contributed by atoms with E-state index in [1.54, 1.807) is 13.0 Å². The molecule has 2 heterocycles. The molecule has 8 nitrogen and oxygen atoms in total. The summed E-state index contributed by atoms with van der Waals surface area (Å²) in [5.41, 5.74) is 8.18. The molecule has 1 unspecified atom stereocenters. The summed E-state index contributed by atoms with van der Waals surface area (Å²) in [7, 11) is 0. The van der Waals surface area contributed by atoms with E-state index in [9.17, 15) is 9.59 Å². The molecule has 0 saturated heterocycles. The average Bonchev–Trinajstić information content (AvgIpc) is 3.05. The van der Waals surface area contributed by atoms with Crippen molar-refractivity contribution in [2.75, 3.05) is 0 Å². The zero-order chi connectivity index (χ0) is 22.0. The Balaban J connectivity index is 1.65. The third kappa shape index (κ3) is 4.10. The number of hydrogen-bond acceptors (Lipinski definition) is 6. The van der Waals surface area contributed by atoms with Crippen LogP contribution in [0.1, 0.15) is 28.4 Å². The molecular formula is C22H19ClN6O2. The first-order valence-electron chi connectivity index (χ1n) is 9.46. The van der Waals surface area contributed by atoms with Crippen LogP contribution in [0.15, 0.2) is 66.2 Å². The molecule has 9 heteroatoms. The fourth-order valence-electron chi connectivity index (χ4n) is 3.41. The van der Waals surface area contributed by atoms with Crippen molar-refractivity contribution in [3.63, 3.8) is 0 Å². The van der Waals surface area contributed by atoms with Gasteiger partial charge in [-0.25, -0.2) is 15.0 Å². The van der Waals surface area contributed by atoms with Gasteiger partial charge in [0.25, 0.3) is 11.8 Å². The first-order valence-corrected chi connectivity index (χ1v) is 9.84. The van der Waals surface area contributed by atoms with Crippen LogP contribution in [0, 0.1) is 0 Å². The highest BCUT2D eigenvalue weighted by Crippen LogP contribution is 2.33. The van der Waals surface area contributed by atoms with Crippen molar-refractivity contribution < 1.29 is 9.59 Å². The molecule has 0 radical (unpaired) electrons. The van der Waals surface area contributed by atoms with Crippen molar-refractivity contribution in [3.8, 4) is 11.1 Å². The molecule has 1 atom stereocenters. The molecule has 0 bridgehead atoms. The van der Waals surface area contributed by atoms with Gasteiger partial charge in [0.2, 0.25) is 0 Å². The second-order valence-electron chi connectivity index (χ2n) is 7.22. The lowest BCUT2D eigenvalue weighted by Gasteiger charge is -2.20. The molecular weight excluding hydrogens is 416 g/mol. The molecule has 4 N–H and O–H groups in total. The standard InChI is InChI=1S/C22H19ClN6O2/c1-22(20(31)28-21(24)29-22)16-4-2-3-13(7-16)18-8-17(23)6-5-14(18)11-27-19(30)15-9-25-12-26-10-15/h2-10,12H,11H2,1H3,(H,27,30)(H3,24,28,29,31). The van der Waals surface area contributed by atoms with Crippen LogP contribution in [-0.2, 0) is 16.9 Å². The Labute approximate surface area is 183 Å². The molecule has 1 aliphatic rings. The number of guanidine groups is 1. The summed E-state index contributed by atoms with van der Waals surface area (Å²) in [5.74, 6) is -0.477. The highest BCUT2D eigenvalue weighted by molar-refractivity contribution is 6.30. The van der Waals surface area contributed by atoms with Gasteiger partial charge in [-0.2, -0.15) is 0 Å². The Hall–Kier alpha value is -3.78. The summed E-state index contributed by atoms with van der Waals surface area (Å²) in [6, 6.07) is 12.9. The quantitative estimate of drug-likeness (QED) is 0.569. The summed E-state index contributed by atoms with van der Waals surface area (Å²) in [6.45, 7) is 1.98. The van der Waals surface area contributed by atoms with E-state index in [2.05, 4.69) is 25.6 Å². The fraction of sp³-hybridized carbons (Fsp3) is 0.136. The van der Waals surface area contributed by atoms with Crippen LogP contribution in [-0.4, -0.2) is 27.7 Å². The average molecular weight is 435 g/mol. The number of nitrogens with two attached hydrogens (primary N) is 1. The third-order valence-corrected chi connectivity index (χ3v) is 5.33. The van der Waals surface area contributed by atoms with Gasteiger partial charge < -0.3 is 11.1 Å². The number of rotatable bonds is 5. The van der Waals surface area contributed by atoms with E-state index in [1.807, 2.05) is 36.4 Å². The predicted molar refractivity (Wildman–Crippen MR) is 117 cm³/mol. The van der Waals surface area contributed by atoms with Crippen LogP contribution in [0.2, 0.25) is 5.02 Å². The number of halogens is 1. The summed E-state index contributed by atoms with van der Waals surface area (Å²) in [6.07, 6.45) is 4.27. The molecule has 0 aliphatic carbocycles. The molecule has 2 aromatic carbocycles. The first kappa shape index (κ1) is 20.5. The lowest BCUT2D eigenvalue weighted by Crippen LogP contribution is -2.37. The number of carbonyl (C=O) groups is 2. The van der Waals surface area contributed by atoms with Gasteiger partial charge in [-0.15, -0.1) is 0 Å². The van der Waals surface area contributed by atoms with E-state index in [0.29, 0.717) is 16.1 Å². The molecule has 1 aromatic heterocycles. The van der Waals surface area contributed by atoms with Gasteiger partial charge in [0.15, 0.2) is 11.5 Å². The van der Waals surface area contributed by atoms with Crippen LogP contribution >= 0.6 is 11.6 Å². The van der Waals surface area contributed by atoms with E-state index in [4.69, 9.17) is 17.3 Å². The minimum atomic E-state index is -1.11. The largest absolute Gasteiger partial charge is 0.370 e. The number of aliphatic imine (C=N–C) groups is 1. The summed E-state index contributed by atoms with van der Waals surface area (Å²) in [5, 5.41) is 5.97. The van der Waals surface area contributed by atoms with E-state index < -0.39 is 5.54 Å². The molecule has 3 aromatic rings. The smallest absolute Gasteiger partial charge is 0.259 e. The number of aromatic nitrogens is 2. The molecule has 2 amide bonds. The molecule has 31 heavy (non-hydrogen) atoms. The first-order chi connectivity index (χ1) is 14.9. The molecule has 4 rings (SSSR count). The van der Waals surface area contributed by atoms with Crippen molar-refractivity contribution in [1.82, 2.24) is 20.6 Å². The molecule has 156 valence electrons. The lowest BCUT2D eigenvalue weighted by molar-refractivity contribution is -0.123. The number of nitrogens with zero attached hydrogens (tertiary/aromatic N) is 3. The van der Waals surface area contributed by atoms with Crippen molar-refractivity contribution in [1.29, 1.82) is 0 Å². The second kappa shape index (κ2) is 8.16. The molecule has 0 spiro atoms. The maximum atomic E-state index is 12.4. The fourth-order valence-corrected chi connectivity index (χ4v) is 3.58. The number of hydrogen-bond donors (Lipinski definition) is 3. The zero-order valence-corrected chi connectivity index (χ0v) is 17.3. The van der Waals surface area contributed by atoms with Crippen LogP contribution in [0.4, 0.5) is 0 Å². The monoisotopic (exact) mass is 434 g/mol. The second-order valence-corrected chi connectivity index (χ2v) is 7.65. The third-order valence-electron chi connectivity index (χ3n) is 5.10. The van der Waals surface area contributed by atoms with Gasteiger partial charge in [0, 0.05) is 24.0 Å². The van der Waals surface area contributed by atoms with Crippen molar-refractivity contribution in [3.05, 3.63) is 82.9 Å². The minimum Gasteiger partial charge on any atom is -0.370 e. The Morgan fingerprint density at radius 1 is 1.19 bits per heavy atom. The van der Waals surface area contributed by atoms with E-state index in [-0.39, 0.29) is 24.3 Å². The van der Waals surface area contributed by atoms with Crippen LogP contribution < -0.4 is 16.4 Å². The van der Waals surface area contributed by atoms with Gasteiger partial charge in [0.1, 0.15) is 6.33 Å². The topological polar surface area (TPSA) is 122 Å². The lowest BCUT2D eigenvalue weighted by atomic mass is 9.89. The van der Waals surface area contributed by atoms with Gasteiger partial charge in [-0.3, -0.25) is 14.9 Å². The maximum absolute atomic E-state index is 12.4. The highest BCUT2D eigenvalue weighted by atomic mass is 35.5. The number of carbonyl (C=O) groups excluding carboxylic acids is 2. The normalized spacial score (nSPS) is 17.7. The van der Waals surface area contributed by atoms with Crippen molar-refractivity contribution in [2.24, 2.45) is 10.7 Å². The van der Waals surface area contributed by atoms with Crippen molar-refractivity contribution >= 4 is 29.4 Å². The minimum absolute atomic E-state index is 0.0916. The van der Waals surface area contributed by atoms with Crippen molar-refractivity contribution in [2.45, 2.75) is 19.0 Å². The number of amides is 2. The Kier molecular flexibility index (Phi) is 5.39. The Morgan fingerprint density at radius 3 is 2.68 bits per heavy atom. The van der Waals surface area contributed by atoms with E-state index in [0.717, 1.165) is 16.7 Å². The number of nitrogens with one attached hydrogen (secondary N) is 2. The molecule has 0 fully saturated rings. The number of benzene rings is 2. The predicted octanol–water partition coefficient (Wildman–Crippen LogP) is 2.39. The SMILES string of the molecule is CC1(c2cccc(-c3cc(Cl)ccc3CNC(=O)c3cncnc3)c2)N=C(N)NC1=O. The van der Waals surface area contributed by atoms with E-state index in [1.165, 1.54) is 18.7 Å². The van der Waals surface area contributed by atoms with Gasteiger partial charge in [0.05, 0.1) is 5.56 Å². The molecule has 0 saturated carbocycles. The zero-order valence-electron chi connectivity index (χ0n) is 16.6.